The average Bonchev–Trinajstić information content (AvgIpc) is 2.54. The number of sulfonamides is 1. The van der Waals surface area contributed by atoms with Crippen molar-refractivity contribution in [3.8, 4) is 5.75 Å². The summed E-state index contributed by atoms with van der Waals surface area (Å²) in [5.41, 5.74) is -0.0213. The second-order valence-electron chi connectivity index (χ2n) is 4.98. The van der Waals surface area contributed by atoms with Gasteiger partial charge in [0.15, 0.2) is 11.6 Å². The van der Waals surface area contributed by atoms with Gasteiger partial charge in [-0.3, -0.25) is 4.31 Å². The van der Waals surface area contributed by atoms with Gasteiger partial charge in [-0.2, -0.15) is 0 Å². The number of fused-ring (bicyclic) bond motifs is 1. The van der Waals surface area contributed by atoms with E-state index in [0.29, 0.717) is 15.6 Å². The van der Waals surface area contributed by atoms with Gasteiger partial charge in [0.2, 0.25) is 0 Å². The molecule has 1 aliphatic rings. The fourth-order valence-corrected chi connectivity index (χ4v) is 3.58. The van der Waals surface area contributed by atoms with Crippen LogP contribution in [0.25, 0.3) is 6.08 Å². The summed E-state index contributed by atoms with van der Waals surface area (Å²) < 4.78 is 59.0. The predicted molar refractivity (Wildman–Crippen MR) is 83.6 cm³/mol. The maximum atomic E-state index is 13.8. The number of rotatable bonds is 3. The molecule has 0 N–H and O–H groups in total. The van der Waals surface area contributed by atoms with Gasteiger partial charge in [-0.15, -0.1) is 0 Å². The van der Waals surface area contributed by atoms with Gasteiger partial charge in [-0.1, -0.05) is 24.3 Å². The first-order chi connectivity index (χ1) is 10.9. The predicted octanol–water partition coefficient (Wildman–Crippen LogP) is 3.16. The highest BCUT2D eigenvalue weighted by atomic mass is 32.2. The van der Waals surface area contributed by atoms with Crippen molar-refractivity contribution in [3.05, 3.63) is 64.6 Å². The Morgan fingerprint density at radius 1 is 1.04 bits per heavy atom. The van der Waals surface area contributed by atoms with Crippen molar-refractivity contribution in [1.82, 2.24) is 0 Å². The van der Waals surface area contributed by atoms with Crippen molar-refractivity contribution in [2.45, 2.75) is 0 Å². The van der Waals surface area contributed by atoms with E-state index in [2.05, 4.69) is 0 Å². The number of para-hydroxylation sites is 2. The lowest BCUT2D eigenvalue weighted by molar-refractivity contribution is 0.353. The van der Waals surface area contributed by atoms with E-state index in [1.165, 1.54) is 12.1 Å². The van der Waals surface area contributed by atoms with E-state index in [9.17, 15) is 17.2 Å². The summed E-state index contributed by atoms with van der Waals surface area (Å²) >= 11 is 0. The summed E-state index contributed by atoms with van der Waals surface area (Å²) in [5.74, 6) is -1.34. The molecule has 0 unspecified atom stereocenters. The van der Waals surface area contributed by atoms with Crippen molar-refractivity contribution in [2.24, 2.45) is 0 Å². The van der Waals surface area contributed by atoms with E-state index in [1.807, 2.05) is 0 Å². The molecule has 0 saturated carbocycles. The number of ether oxygens (including phenoxy) is 1. The Hall–Kier alpha value is -2.41. The number of benzene rings is 2. The third kappa shape index (κ3) is 2.68. The minimum Gasteiger partial charge on any atom is -0.487 e. The molecule has 23 heavy (non-hydrogen) atoms. The SMILES string of the molecule is CN(c1c(F)cccc1F)S(=O)(=O)C1=Cc2ccccc2OC1. The van der Waals surface area contributed by atoms with E-state index < -0.39 is 27.3 Å². The lowest BCUT2D eigenvalue weighted by Gasteiger charge is -2.24. The largest absolute Gasteiger partial charge is 0.487 e. The molecule has 4 nitrogen and oxygen atoms in total. The topological polar surface area (TPSA) is 46.6 Å². The molecule has 2 aromatic carbocycles. The van der Waals surface area contributed by atoms with Crippen LogP contribution in [0.2, 0.25) is 0 Å². The van der Waals surface area contributed by atoms with Crippen LogP contribution < -0.4 is 9.04 Å². The molecule has 1 aliphatic heterocycles. The summed E-state index contributed by atoms with van der Waals surface area (Å²) in [6, 6.07) is 10.1. The monoisotopic (exact) mass is 337 g/mol. The van der Waals surface area contributed by atoms with Gasteiger partial charge in [0.05, 0.1) is 0 Å². The zero-order chi connectivity index (χ0) is 16.6. The summed E-state index contributed by atoms with van der Waals surface area (Å²) in [7, 11) is -3.00. The van der Waals surface area contributed by atoms with E-state index in [1.54, 1.807) is 24.3 Å². The molecule has 2 aromatic rings. The van der Waals surface area contributed by atoms with E-state index in [-0.39, 0.29) is 11.5 Å². The molecular weight excluding hydrogens is 324 g/mol. The van der Waals surface area contributed by atoms with Crippen LogP contribution in [0.3, 0.4) is 0 Å². The Labute approximate surface area is 132 Å². The molecule has 0 atom stereocenters. The molecular formula is C16H13F2NO3S. The van der Waals surface area contributed by atoms with Crippen LogP contribution in [0, 0.1) is 11.6 Å². The van der Waals surface area contributed by atoms with Crippen molar-refractivity contribution >= 4 is 21.8 Å². The molecule has 0 spiro atoms. The Balaban J connectivity index is 2.04. The second kappa shape index (κ2) is 5.66. The van der Waals surface area contributed by atoms with Crippen LogP contribution in [-0.4, -0.2) is 22.1 Å². The highest BCUT2D eigenvalue weighted by Gasteiger charge is 2.30. The van der Waals surface area contributed by atoms with Crippen LogP contribution >= 0.6 is 0 Å². The smallest absolute Gasteiger partial charge is 0.263 e. The van der Waals surface area contributed by atoms with Gasteiger partial charge >= 0.3 is 0 Å². The van der Waals surface area contributed by atoms with Crippen LogP contribution in [0.15, 0.2) is 47.4 Å². The van der Waals surface area contributed by atoms with Gasteiger partial charge in [0.25, 0.3) is 10.0 Å². The highest BCUT2D eigenvalue weighted by Crippen LogP contribution is 2.32. The van der Waals surface area contributed by atoms with Gasteiger partial charge < -0.3 is 4.74 Å². The minimum atomic E-state index is -4.11. The number of hydrogen-bond donors (Lipinski definition) is 0. The molecule has 0 amide bonds. The minimum absolute atomic E-state index is 0.0682. The molecule has 1 heterocycles. The summed E-state index contributed by atoms with van der Waals surface area (Å²) in [4.78, 5) is -0.0682. The molecule has 0 bridgehead atoms. The maximum Gasteiger partial charge on any atom is 0.263 e. The quantitative estimate of drug-likeness (QED) is 0.864. The molecule has 120 valence electrons. The highest BCUT2D eigenvalue weighted by molar-refractivity contribution is 7.96. The van der Waals surface area contributed by atoms with Gasteiger partial charge in [0.1, 0.15) is 22.9 Å². The van der Waals surface area contributed by atoms with E-state index >= 15 is 0 Å². The fraction of sp³-hybridized carbons (Fsp3) is 0.125. The molecule has 0 fully saturated rings. The number of nitrogens with zero attached hydrogens (tertiary/aromatic N) is 1. The zero-order valence-electron chi connectivity index (χ0n) is 12.2. The normalized spacial score (nSPS) is 13.8. The lowest BCUT2D eigenvalue weighted by Crippen LogP contribution is -2.32. The average molecular weight is 337 g/mol. The Bertz CT molecular complexity index is 874. The van der Waals surface area contributed by atoms with Crippen molar-refractivity contribution in [2.75, 3.05) is 18.0 Å². The summed E-state index contributed by atoms with van der Waals surface area (Å²) in [6.45, 7) is -0.195. The first-order valence-corrected chi connectivity index (χ1v) is 8.20. The van der Waals surface area contributed by atoms with E-state index in [4.69, 9.17) is 4.74 Å². The second-order valence-corrected chi connectivity index (χ2v) is 7.00. The van der Waals surface area contributed by atoms with Crippen LogP contribution in [0.4, 0.5) is 14.5 Å². The zero-order valence-corrected chi connectivity index (χ0v) is 13.0. The molecule has 0 aromatic heterocycles. The molecule has 0 saturated heterocycles. The Morgan fingerprint density at radius 3 is 2.39 bits per heavy atom. The van der Waals surface area contributed by atoms with Gasteiger partial charge in [0, 0.05) is 12.6 Å². The fourth-order valence-electron chi connectivity index (χ4n) is 2.33. The standard InChI is InChI=1S/C16H13F2NO3S/c1-19(16-13(17)6-4-7-14(16)18)23(20,21)12-9-11-5-2-3-8-15(11)22-10-12/h2-9H,10H2,1H3. The molecule has 0 radical (unpaired) electrons. The third-order valence-corrected chi connectivity index (χ3v) is 5.35. The Kier molecular flexibility index (Phi) is 3.81. The third-order valence-electron chi connectivity index (χ3n) is 3.55. The van der Waals surface area contributed by atoms with Gasteiger partial charge in [-0.05, 0) is 24.3 Å². The first-order valence-electron chi connectivity index (χ1n) is 6.76. The maximum absolute atomic E-state index is 13.8. The molecule has 0 aliphatic carbocycles. The van der Waals surface area contributed by atoms with Gasteiger partial charge in [-0.25, -0.2) is 17.2 Å². The van der Waals surface area contributed by atoms with Crippen molar-refractivity contribution in [3.63, 3.8) is 0 Å². The number of hydrogen-bond acceptors (Lipinski definition) is 3. The summed E-state index contributed by atoms with van der Waals surface area (Å²) in [5, 5.41) is 0. The molecule has 7 heteroatoms. The van der Waals surface area contributed by atoms with E-state index in [0.717, 1.165) is 19.2 Å². The lowest BCUT2D eigenvalue weighted by atomic mass is 10.1. The van der Waals surface area contributed by atoms with Crippen LogP contribution in [0.1, 0.15) is 5.56 Å². The number of anilines is 1. The van der Waals surface area contributed by atoms with Crippen molar-refractivity contribution < 1.29 is 21.9 Å². The number of halogens is 2. The van der Waals surface area contributed by atoms with Crippen LogP contribution in [0.5, 0.6) is 5.75 Å². The van der Waals surface area contributed by atoms with Crippen LogP contribution in [-0.2, 0) is 10.0 Å². The molecule has 3 rings (SSSR count). The Morgan fingerprint density at radius 2 is 1.70 bits per heavy atom. The van der Waals surface area contributed by atoms with Crippen molar-refractivity contribution in [1.29, 1.82) is 0 Å². The summed E-state index contributed by atoms with van der Waals surface area (Å²) in [6.07, 6.45) is 1.45. The first kappa shape index (κ1) is 15.5.